The second-order valence-electron chi connectivity index (χ2n) is 13.5. The van der Waals surface area contributed by atoms with Crippen molar-refractivity contribution in [3.63, 3.8) is 0 Å². The van der Waals surface area contributed by atoms with Crippen LogP contribution >= 0.6 is 0 Å². The van der Waals surface area contributed by atoms with Crippen LogP contribution in [0.15, 0.2) is 24.3 Å². The van der Waals surface area contributed by atoms with Crippen LogP contribution < -0.4 is 21.3 Å². The fourth-order valence-electron chi connectivity index (χ4n) is 5.52. The first-order valence-corrected chi connectivity index (χ1v) is 15.5. The van der Waals surface area contributed by atoms with Crippen LogP contribution in [0.5, 0.6) is 11.5 Å². The van der Waals surface area contributed by atoms with Gasteiger partial charge in [-0.3, -0.25) is 0 Å². The molecular weight excluding hydrogens is 496 g/mol. The summed E-state index contributed by atoms with van der Waals surface area (Å²) in [5, 5.41) is 36.8. The normalized spacial score (nSPS) is 18.8. The monoisotopic (exact) mass is 552 g/mol. The minimum absolute atomic E-state index is 0.00602. The summed E-state index contributed by atoms with van der Waals surface area (Å²) in [6.45, 7) is 19.3. The Morgan fingerprint density at radius 2 is 0.825 bits per heavy atom. The van der Waals surface area contributed by atoms with Gasteiger partial charge in [-0.25, -0.2) is 0 Å². The van der Waals surface area contributed by atoms with E-state index in [2.05, 4.69) is 87.1 Å². The number of aromatic hydroxyl groups is 2. The Kier molecular flexibility index (Phi) is 12.3. The third kappa shape index (κ3) is 10.1. The molecule has 224 valence electrons. The Bertz CT molecular complexity index is 928. The number of fused-ring (bicyclic) bond motifs is 4. The lowest BCUT2D eigenvalue weighted by Crippen LogP contribution is -2.38. The second kappa shape index (κ2) is 15.2. The highest BCUT2D eigenvalue weighted by atomic mass is 16.3. The highest BCUT2D eigenvalue weighted by Gasteiger charge is 2.21. The van der Waals surface area contributed by atoms with Crippen LogP contribution in [0.25, 0.3) is 0 Å². The Hall–Kier alpha value is -2.12. The summed E-state index contributed by atoms with van der Waals surface area (Å²) < 4.78 is 0. The Morgan fingerprint density at radius 1 is 0.550 bits per heavy atom. The second-order valence-corrected chi connectivity index (χ2v) is 13.5. The maximum Gasteiger partial charge on any atom is 0.124 e. The lowest BCUT2D eigenvalue weighted by Gasteiger charge is -2.27. The first-order valence-electron chi connectivity index (χ1n) is 15.5. The fourth-order valence-corrected chi connectivity index (χ4v) is 5.52. The van der Waals surface area contributed by atoms with Gasteiger partial charge in [-0.05, 0) is 47.6 Å². The van der Waals surface area contributed by atoms with Crippen molar-refractivity contribution in [2.24, 2.45) is 10.8 Å². The molecule has 0 spiro atoms. The van der Waals surface area contributed by atoms with E-state index in [0.29, 0.717) is 37.7 Å². The fraction of sp³-hybridized carbons (Fsp3) is 0.647. The van der Waals surface area contributed by atoms with Crippen LogP contribution in [0, 0.1) is 10.8 Å². The van der Waals surface area contributed by atoms with E-state index < -0.39 is 0 Å². The summed E-state index contributed by atoms with van der Waals surface area (Å²) in [6, 6.07) is 8.72. The lowest BCUT2D eigenvalue weighted by molar-refractivity contribution is 0.313. The van der Waals surface area contributed by atoms with Gasteiger partial charge in [0.15, 0.2) is 0 Å². The zero-order valence-corrected chi connectivity index (χ0v) is 26.1. The molecule has 0 aliphatic carbocycles. The molecule has 0 amide bonds. The van der Waals surface area contributed by atoms with Crippen LogP contribution in [0.3, 0.4) is 0 Å². The van der Waals surface area contributed by atoms with Gasteiger partial charge in [0.25, 0.3) is 0 Å². The minimum atomic E-state index is 0.00602. The van der Waals surface area contributed by atoms with E-state index in [-0.39, 0.29) is 10.8 Å². The maximum absolute atomic E-state index is 11.2. The predicted molar refractivity (Wildman–Crippen MR) is 168 cm³/mol. The number of hydrogen-bond donors (Lipinski definition) is 6. The molecule has 0 saturated heterocycles. The van der Waals surface area contributed by atoms with Crippen LogP contribution in [-0.2, 0) is 39.0 Å². The molecule has 2 aromatic rings. The molecule has 0 atom stereocenters. The average molecular weight is 553 g/mol. The van der Waals surface area contributed by atoms with Gasteiger partial charge in [-0.1, -0.05) is 78.6 Å². The van der Waals surface area contributed by atoms with E-state index in [4.69, 9.17) is 0 Å². The Morgan fingerprint density at radius 3 is 1.07 bits per heavy atom. The predicted octanol–water partition coefficient (Wildman–Crippen LogP) is 5.91. The maximum atomic E-state index is 11.2. The number of nitrogens with one attached hydrogen (secondary N) is 4. The Balaban J connectivity index is 1.84. The van der Waals surface area contributed by atoms with Crippen molar-refractivity contribution in [2.45, 2.75) is 106 Å². The third-order valence-electron chi connectivity index (χ3n) is 7.97. The molecule has 1 aliphatic heterocycles. The minimum Gasteiger partial charge on any atom is -0.507 e. The van der Waals surface area contributed by atoms with E-state index in [1.165, 1.54) is 11.1 Å². The molecule has 1 aliphatic rings. The molecule has 1 heterocycles. The first-order chi connectivity index (χ1) is 19.0. The molecule has 6 heteroatoms. The number of phenols is 2. The van der Waals surface area contributed by atoms with Crippen molar-refractivity contribution in [3.8, 4) is 11.5 Å². The third-order valence-corrected chi connectivity index (χ3v) is 7.97. The van der Waals surface area contributed by atoms with E-state index in [0.717, 1.165) is 87.0 Å². The van der Waals surface area contributed by atoms with Gasteiger partial charge >= 0.3 is 0 Å². The van der Waals surface area contributed by atoms with Crippen molar-refractivity contribution in [3.05, 3.63) is 57.6 Å². The topological polar surface area (TPSA) is 88.6 Å². The molecule has 6 nitrogen and oxygen atoms in total. The number of hydrogen-bond acceptors (Lipinski definition) is 6. The average Bonchev–Trinajstić information content (AvgIpc) is 2.89. The van der Waals surface area contributed by atoms with Gasteiger partial charge in [-0.2, -0.15) is 0 Å². The summed E-state index contributed by atoms with van der Waals surface area (Å²) in [6.07, 6.45) is 6.69. The van der Waals surface area contributed by atoms with Gasteiger partial charge in [-0.15, -0.1) is 0 Å². The molecule has 0 radical (unpaired) electrons. The standard InChI is InChI=1S/C34H56N4O2/c1-7-9-11-25-13-27-17-35-21-33(3,4)23-37-19-29-15-26(12-10-8-2)16-30(32(29)40)20-38-24-34(5,6)22-36-18-28(14-25)31(27)39/h13-16,35-40H,7-12,17-24H2,1-6H3. The van der Waals surface area contributed by atoms with Crippen molar-refractivity contribution in [2.75, 3.05) is 26.2 Å². The van der Waals surface area contributed by atoms with E-state index in [1.807, 2.05) is 0 Å². The van der Waals surface area contributed by atoms with Gasteiger partial charge in [0, 0.05) is 74.6 Å². The Labute approximate surface area is 243 Å². The molecule has 40 heavy (non-hydrogen) atoms. The lowest BCUT2D eigenvalue weighted by atomic mass is 9.92. The highest BCUT2D eigenvalue weighted by molar-refractivity contribution is 5.45. The van der Waals surface area contributed by atoms with Crippen molar-refractivity contribution in [1.82, 2.24) is 21.3 Å². The van der Waals surface area contributed by atoms with E-state index in [1.54, 1.807) is 0 Å². The number of aryl methyl sites for hydroxylation is 2. The van der Waals surface area contributed by atoms with Gasteiger partial charge in [0.2, 0.25) is 0 Å². The van der Waals surface area contributed by atoms with Crippen LogP contribution in [-0.4, -0.2) is 36.4 Å². The molecule has 0 aromatic heterocycles. The van der Waals surface area contributed by atoms with Gasteiger partial charge in [0.1, 0.15) is 11.5 Å². The van der Waals surface area contributed by atoms with E-state index in [9.17, 15) is 10.2 Å². The van der Waals surface area contributed by atoms with E-state index >= 15 is 0 Å². The quantitative estimate of drug-likeness (QED) is 0.267. The number of unbranched alkanes of at least 4 members (excludes halogenated alkanes) is 2. The molecule has 0 saturated carbocycles. The van der Waals surface area contributed by atoms with Crippen LogP contribution in [0.1, 0.15) is 101 Å². The molecule has 3 rings (SSSR count). The highest BCUT2D eigenvalue weighted by Crippen LogP contribution is 2.28. The summed E-state index contributed by atoms with van der Waals surface area (Å²) >= 11 is 0. The molecular formula is C34H56N4O2. The molecule has 2 aromatic carbocycles. The van der Waals surface area contributed by atoms with Gasteiger partial charge in [0.05, 0.1) is 0 Å². The summed E-state index contributed by atoms with van der Waals surface area (Å²) in [4.78, 5) is 0. The molecule has 0 unspecified atom stereocenters. The summed E-state index contributed by atoms with van der Waals surface area (Å²) in [5.41, 5.74) is 6.53. The number of rotatable bonds is 6. The SMILES string of the molecule is CCCCc1cc2c(O)c(c1)CNCC(C)(C)CNCc1cc(CCCC)cc(c1O)CNCC(C)(C)CNC2. The van der Waals surface area contributed by atoms with Gasteiger partial charge < -0.3 is 31.5 Å². The van der Waals surface area contributed by atoms with Crippen molar-refractivity contribution >= 4 is 0 Å². The zero-order valence-electron chi connectivity index (χ0n) is 26.1. The summed E-state index contributed by atoms with van der Waals surface area (Å²) in [5.74, 6) is 0.823. The smallest absolute Gasteiger partial charge is 0.124 e. The molecule has 0 fully saturated rings. The van der Waals surface area contributed by atoms with Crippen molar-refractivity contribution < 1.29 is 10.2 Å². The zero-order chi connectivity index (χ0) is 29.2. The largest absolute Gasteiger partial charge is 0.507 e. The molecule has 4 bridgehead atoms. The molecule has 6 N–H and O–H groups in total. The van der Waals surface area contributed by atoms with Crippen LogP contribution in [0.4, 0.5) is 0 Å². The number of phenolic OH excluding ortho intramolecular Hbond substituents is 2. The van der Waals surface area contributed by atoms with Crippen molar-refractivity contribution in [1.29, 1.82) is 0 Å². The van der Waals surface area contributed by atoms with Crippen LogP contribution in [0.2, 0.25) is 0 Å². The first kappa shape index (κ1) is 32.4. The number of benzene rings is 2. The summed E-state index contributed by atoms with van der Waals surface area (Å²) in [7, 11) is 0.